The van der Waals surface area contributed by atoms with Crippen LogP contribution in [0.5, 0.6) is 0 Å². The van der Waals surface area contributed by atoms with Crippen molar-refractivity contribution in [2.45, 2.75) is 45.8 Å². The van der Waals surface area contributed by atoms with Crippen LogP contribution in [0.2, 0.25) is 0 Å². The maximum Gasteiger partial charge on any atom is 0.418 e. The summed E-state index contributed by atoms with van der Waals surface area (Å²) in [5, 5.41) is 0. The van der Waals surface area contributed by atoms with Crippen LogP contribution in [-0.2, 0) is 6.18 Å². The number of imidazole rings is 1. The number of pyridine rings is 1. The molecule has 0 N–H and O–H groups in total. The third-order valence-corrected chi connectivity index (χ3v) is 3.34. The Morgan fingerprint density at radius 2 is 1.70 bits per heavy atom. The van der Waals surface area contributed by atoms with Gasteiger partial charge in [-0.25, -0.2) is 4.79 Å². The zero-order valence-corrected chi connectivity index (χ0v) is 11.8. The topological polar surface area (TPSA) is 26.4 Å². The fourth-order valence-corrected chi connectivity index (χ4v) is 2.14. The second kappa shape index (κ2) is 4.68. The van der Waals surface area contributed by atoms with Gasteiger partial charge in [0.15, 0.2) is 0 Å². The lowest BCUT2D eigenvalue weighted by Crippen LogP contribution is -2.22. The van der Waals surface area contributed by atoms with E-state index in [1.54, 1.807) is 27.7 Å². The van der Waals surface area contributed by atoms with E-state index in [9.17, 15) is 18.0 Å². The van der Waals surface area contributed by atoms with Crippen LogP contribution in [0.15, 0.2) is 23.3 Å². The van der Waals surface area contributed by atoms with Crippen molar-refractivity contribution < 1.29 is 13.2 Å². The van der Waals surface area contributed by atoms with Crippen LogP contribution in [0, 0.1) is 0 Å². The molecule has 110 valence electrons. The van der Waals surface area contributed by atoms with Crippen molar-refractivity contribution in [3.05, 3.63) is 40.1 Å². The van der Waals surface area contributed by atoms with Gasteiger partial charge >= 0.3 is 11.9 Å². The molecule has 2 rings (SSSR count). The van der Waals surface area contributed by atoms with Gasteiger partial charge in [-0.15, -0.1) is 0 Å². The van der Waals surface area contributed by atoms with E-state index >= 15 is 0 Å². The van der Waals surface area contributed by atoms with Gasteiger partial charge in [0.25, 0.3) is 0 Å². The van der Waals surface area contributed by atoms with Crippen LogP contribution >= 0.6 is 0 Å². The average molecular weight is 286 g/mol. The number of rotatable bonds is 2. The zero-order chi connectivity index (χ0) is 15.2. The second-order valence-corrected chi connectivity index (χ2v) is 5.51. The number of aromatic nitrogens is 2. The van der Waals surface area contributed by atoms with Crippen LogP contribution in [-0.4, -0.2) is 8.97 Å². The van der Waals surface area contributed by atoms with E-state index in [0.717, 1.165) is 10.5 Å². The predicted octanol–water partition coefficient (Wildman–Crippen LogP) is 3.82. The first-order valence-electron chi connectivity index (χ1n) is 6.47. The van der Waals surface area contributed by atoms with E-state index in [1.807, 2.05) is 0 Å². The Balaban J connectivity index is 2.89. The van der Waals surface area contributed by atoms with Gasteiger partial charge in [-0.05, 0) is 31.4 Å². The minimum Gasteiger partial charge on any atom is -0.296 e. The molecule has 2 aromatic heterocycles. The molecule has 0 aromatic carbocycles. The predicted molar refractivity (Wildman–Crippen MR) is 71.1 cm³/mol. The van der Waals surface area contributed by atoms with Gasteiger partial charge in [-0.2, -0.15) is 13.2 Å². The maximum atomic E-state index is 13.2. The van der Waals surface area contributed by atoms with Gasteiger partial charge in [0.2, 0.25) is 0 Å². The molecular formula is C14H17F3N2O. The normalized spacial score (nSPS) is 12.8. The summed E-state index contributed by atoms with van der Waals surface area (Å²) in [7, 11) is 0. The van der Waals surface area contributed by atoms with Gasteiger partial charge in [0.1, 0.15) is 0 Å². The number of hydrogen-bond donors (Lipinski definition) is 0. The van der Waals surface area contributed by atoms with Crippen LogP contribution in [0.25, 0.3) is 5.52 Å². The summed E-state index contributed by atoms with van der Waals surface area (Å²) in [4.78, 5) is 12.2. The van der Waals surface area contributed by atoms with E-state index < -0.39 is 17.4 Å². The first-order chi connectivity index (χ1) is 9.12. The van der Waals surface area contributed by atoms with Gasteiger partial charge in [0, 0.05) is 18.4 Å². The molecule has 0 fully saturated rings. The smallest absolute Gasteiger partial charge is 0.296 e. The van der Waals surface area contributed by atoms with Crippen molar-refractivity contribution in [3.8, 4) is 0 Å². The first-order valence-corrected chi connectivity index (χ1v) is 6.47. The molecule has 0 saturated carbocycles. The third kappa shape index (κ3) is 2.34. The Kier molecular flexibility index (Phi) is 3.44. The number of halogens is 3. The quantitative estimate of drug-likeness (QED) is 0.824. The lowest BCUT2D eigenvalue weighted by molar-refractivity contribution is -0.136. The standard InChI is InChI=1S/C14H17F3N2O/c1-8(2)10-5-11(14(15,16)17)12-7-18(9(3)4)13(20)19(12)6-10/h5-9H,1-4H3. The van der Waals surface area contributed by atoms with E-state index in [4.69, 9.17) is 0 Å². The summed E-state index contributed by atoms with van der Waals surface area (Å²) < 4.78 is 41.9. The summed E-state index contributed by atoms with van der Waals surface area (Å²) in [5.41, 5.74) is -0.808. The molecule has 2 heterocycles. The van der Waals surface area contributed by atoms with Crippen molar-refractivity contribution in [1.29, 1.82) is 0 Å². The van der Waals surface area contributed by atoms with E-state index in [2.05, 4.69) is 0 Å². The fourth-order valence-electron chi connectivity index (χ4n) is 2.14. The van der Waals surface area contributed by atoms with Crippen molar-refractivity contribution in [1.82, 2.24) is 8.97 Å². The summed E-state index contributed by atoms with van der Waals surface area (Å²) >= 11 is 0. The monoisotopic (exact) mass is 286 g/mol. The van der Waals surface area contributed by atoms with Crippen molar-refractivity contribution in [2.75, 3.05) is 0 Å². The molecule has 3 nitrogen and oxygen atoms in total. The molecule has 20 heavy (non-hydrogen) atoms. The Labute approximate surface area is 114 Å². The van der Waals surface area contributed by atoms with Gasteiger partial charge in [-0.1, -0.05) is 13.8 Å². The molecule has 0 aliphatic rings. The molecule has 0 bridgehead atoms. The van der Waals surface area contributed by atoms with E-state index in [0.29, 0.717) is 5.56 Å². The van der Waals surface area contributed by atoms with Crippen LogP contribution in [0.4, 0.5) is 13.2 Å². The summed E-state index contributed by atoms with van der Waals surface area (Å²) in [6.07, 6.45) is -1.71. The largest absolute Gasteiger partial charge is 0.418 e. The highest BCUT2D eigenvalue weighted by Crippen LogP contribution is 2.34. The molecule has 0 aliphatic carbocycles. The lowest BCUT2D eigenvalue weighted by Gasteiger charge is -2.12. The second-order valence-electron chi connectivity index (χ2n) is 5.51. The van der Waals surface area contributed by atoms with Gasteiger partial charge in [-0.3, -0.25) is 8.97 Å². The minimum absolute atomic E-state index is 0.0881. The SMILES string of the molecule is CC(C)c1cc(C(F)(F)F)c2cn(C(C)C)c(=O)n2c1. The lowest BCUT2D eigenvalue weighted by atomic mass is 10.0. The summed E-state index contributed by atoms with van der Waals surface area (Å²) in [6, 6.07) is 0.940. The maximum absolute atomic E-state index is 13.2. The highest BCUT2D eigenvalue weighted by Gasteiger charge is 2.34. The molecule has 2 aromatic rings. The van der Waals surface area contributed by atoms with E-state index in [-0.39, 0.29) is 17.5 Å². The Morgan fingerprint density at radius 3 is 2.15 bits per heavy atom. The summed E-state index contributed by atoms with van der Waals surface area (Å²) in [5.74, 6) is -0.0881. The Bertz CT molecular complexity index is 693. The molecule has 6 heteroatoms. The molecule has 0 radical (unpaired) electrons. The Morgan fingerprint density at radius 1 is 1.10 bits per heavy atom. The van der Waals surface area contributed by atoms with Gasteiger partial charge < -0.3 is 0 Å². The van der Waals surface area contributed by atoms with E-state index in [1.165, 1.54) is 17.0 Å². The van der Waals surface area contributed by atoms with Crippen molar-refractivity contribution in [2.24, 2.45) is 0 Å². The highest BCUT2D eigenvalue weighted by molar-refractivity contribution is 5.56. The van der Waals surface area contributed by atoms with Crippen LogP contribution in [0.3, 0.4) is 0 Å². The zero-order valence-electron chi connectivity index (χ0n) is 11.8. The minimum atomic E-state index is -4.48. The molecule has 0 spiro atoms. The van der Waals surface area contributed by atoms with Crippen LogP contribution in [0.1, 0.15) is 50.8 Å². The molecule has 0 aliphatic heterocycles. The fraction of sp³-hybridized carbons (Fsp3) is 0.500. The van der Waals surface area contributed by atoms with Crippen LogP contribution < -0.4 is 5.69 Å². The number of hydrogen-bond acceptors (Lipinski definition) is 1. The molecular weight excluding hydrogens is 269 g/mol. The van der Waals surface area contributed by atoms with Crippen molar-refractivity contribution in [3.63, 3.8) is 0 Å². The number of fused-ring (bicyclic) bond motifs is 1. The average Bonchev–Trinajstić information content (AvgIpc) is 2.64. The molecule has 0 amide bonds. The summed E-state index contributed by atoms with van der Waals surface area (Å²) in [6.45, 7) is 7.12. The number of nitrogens with zero attached hydrogens (tertiary/aromatic N) is 2. The molecule has 0 atom stereocenters. The molecule has 0 saturated heterocycles. The highest BCUT2D eigenvalue weighted by atomic mass is 19.4. The Hall–Kier alpha value is -1.72. The van der Waals surface area contributed by atoms with Gasteiger partial charge in [0.05, 0.1) is 11.1 Å². The number of alkyl halides is 3. The molecule has 0 unspecified atom stereocenters. The van der Waals surface area contributed by atoms with Crippen molar-refractivity contribution >= 4 is 5.52 Å². The third-order valence-electron chi connectivity index (χ3n) is 3.34. The first kappa shape index (κ1) is 14.7.